The summed E-state index contributed by atoms with van der Waals surface area (Å²) in [6.07, 6.45) is 1.83. The number of carboxylic acids is 1. The van der Waals surface area contributed by atoms with Gasteiger partial charge in [0.25, 0.3) is 0 Å². The SMILES string of the molecule is CCCc1nnc(SCC(=O)O)n1CC(C)COC. The molecule has 1 heterocycles. The molecule has 0 fully saturated rings. The molecule has 1 N–H and O–H groups in total. The molecule has 0 radical (unpaired) electrons. The fourth-order valence-corrected chi connectivity index (χ4v) is 2.48. The maximum absolute atomic E-state index is 10.6. The molecule has 0 aliphatic carbocycles. The Morgan fingerprint density at radius 1 is 1.53 bits per heavy atom. The summed E-state index contributed by atoms with van der Waals surface area (Å²) < 4.78 is 7.15. The number of hydrogen-bond donors (Lipinski definition) is 1. The number of carbonyl (C=O) groups is 1. The van der Waals surface area contributed by atoms with Gasteiger partial charge < -0.3 is 14.4 Å². The minimum Gasteiger partial charge on any atom is -0.481 e. The van der Waals surface area contributed by atoms with Gasteiger partial charge in [-0.3, -0.25) is 4.79 Å². The normalized spacial score (nSPS) is 12.6. The van der Waals surface area contributed by atoms with Crippen molar-refractivity contribution in [2.45, 2.75) is 38.4 Å². The molecule has 7 heteroatoms. The van der Waals surface area contributed by atoms with E-state index in [2.05, 4.69) is 24.0 Å². The van der Waals surface area contributed by atoms with Crippen molar-refractivity contribution in [2.24, 2.45) is 5.92 Å². The first-order chi connectivity index (χ1) is 9.08. The highest BCUT2D eigenvalue weighted by molar-refractivity contribution is 7.99. The summed E-state index contributed by atoms with van der Waals surface area (Å²) in [6, 6.07) is 0. The zero-order valence-corrected chi connectivity index (χ0v) is 12.4. The van der Waals surface area contributed by atoms with Gasteiger partial charge in [-0.25, -0.2) is 0 Å². The van der Waals surface area contributed by atoms with E-state index in [1.54, 1.807) is 7.11 Å². The first-order valence-electron chi connectivity index (χ1n) is 6.34. The minimum absolute atomic E-state index is 0.00289. The van der Waals surface area contributed by atoms with Crippen LogP contribution in [0.3, 0.4) is 0 Å². The number of methoxy groups -OCH3 is 1. The number of aryl methyl sites for hydroxylation is 1. The third kappa shape index (κ3) is 5.20. The molecular formula is C12H21N3O3S. The maximum atomic E-state index is 10.6. The van der Waals surface area contributed by atoms with Crippen LogP contribution < -0.4 is 0 Å². The average Bonchev–Trinajstić information content (AvgIpc) is 2.70. The Kier molecular flexibility index (Phi) is 6.86. The van der Waals surface area contributed by atoms with Gasteiger partial charge >= 0.3 is 5.97 Å². The molecule has 0 spiro atoms. The van der Waals surface area contributed by atoms with E-state index in [1.165, 1.54) is 11.8 Å². The Bertz CT molecular complexity index is 409. The molecule has 0 bridgehead atoms. The monoisotopic (exact) mass is 287 g/mol. The Hall–Kier alpha value is -1.08. The summed E-state index contributed by atoms with van der Waals surface area (Å²) in [6.45, 7) is 5.58. The molecule has 19 heavy (non-hydrogen) atoms. The molecule has 1 rings (SSSR count). The smallest absolute Gasteiger partial charge is 0.313 e. The van der Waals surface area contributed by atoms with Crippen molar-refractivity contribution in [3.05, 3.63) is 5.82 Å². The van der Waals surface area contributed by atoms with Gasteiger partial charge in [0.2, 0.25) is 0 Å². The second kappa shape index (κ2) is 8.16. The van der Waals surface area contributed by atoms with Crippen molar-refractivity contribution in [1.29, 1.82) is 0 Å². The van der Waals surface area contributed by atoms with Crippen LogP contribution in [0.2, 0.25) is 0 Å². The van der Waals surface area contributed by atoms with Crippen LogP contribution in [-0.4, -0.2) is 45.3 Å². The number of aromatic nitrogens is 3. The topological polar surface area (TPSA) is 77.2 Å². The molecule has 1 unspecified atom stereocenters. The number of nitrogens with zero attached hydrogens (tertiary/aromatic N) is 3. The van der Waals surface area contributed by atoms with Crippen LogP contribution in [0, 0.1) is 5.92 Å². The van der Waals surface area contributed by atoms with Crippen LogP contribution >= 0.6 is 11.8 Å². The zero-order chi connectivity index (χ0) is 14.3. The molecule has 0 aliphatic rings. The van der Waals surface area contributed by atoms with E-state index in [0.717, 1.165) is 25.2 Å². The van der Waals surface area contributed by atoms with E-state index >= 15 is 0 Å². The standard InChI is InChI=1S/C12H21N3O3S/c1-4-5-10-13-14-12(19-8-11(16)17)15(10)6-9(2)7-18-3/h9H,4-8H2,1-3H3,(H,16,17). The van der Waals surface area contributed by atoms with Gasteiger partial charge in [0, 0.05) is 20.1 Å². The third-order valence-electron chi connectivity index (χ3n) is 2.54. The quantitative estimate of drug-likeness (QED) is 0.696. The summed E-state index contributed by atoms with van der Waals surface area (Å²) >= 11 is 1.21. The Morgan fingerprint density at radius 3 is 2.84 bits per heavy atom. The number of aliphatic carboxylic acids is 1. The van der Waals surface area contributed by atoms with E-state index < -0.39 is 5.97 Å². The molecule has 0 aliphatic heterocycles. The Morgan fingerprint density at radius 2 is 2.26 bits per heavy atom. The molecule has 0 aromatic carbocycles. The summed E-state index contributed by atoms with van der Waals surface area (Å²) in [4.78, 5) is 10.6. The van der Waals surface area contributed by atoms with E-state index in [-0.39, 0.29) is 5.75 Å². The van der Waals surface area contributed by atoms with Crippen LogP contribution in [0.4, 0.5) is 0 Å². The third-order valence-corrected chi connectivity index (χ3v) is 3.49. The molecular weight excluding hydrogens is 266 g/mol. The lowest BCUT2D eigenvalue weighted by Gasteiger charge is -2.14. The Labute approximate surface area is 117 Å². The van der Waals surface area contributed by atoms with E-state index in [4.69, 9.17) is 9.84 Å². The van der Waals surface area contributed by atoms with E-state index in [1.807, 2.05) is 4.57 Å². The second-order valence-electron chi connectivity index (χ2n) is 4.50. The molecule has 1 aromatic heterocycles. The van der Waals surface area contributed by atoms with Gasteiger partial charge in [-0.2, -0.15) is 0 Å². The van der Waals surface area contributed by atoms with Crippen LogP contribution in [0.1, 0.15) is 26.1 Å². The largest absolute Gasteiger partial charge is 0.481 e. The van der Waals surface area contributed by atoms with Gasteiger partial charge in [0.05, 0.1) is 12.4 Å². The van der Waals surface area contributed by atoms with E-state index in [0.29, 0.717) is 17.7 Å². The number of ether oxygens (including phenoxy) is 1. The zero-order valence-electron chi connectivity index (χ0n) is 11.6. The fourth-order valence-electron chi connectivity index (χ4n) is 1.79. The lowest BCUT2D eigenvalue weighted by molar-refractivity contribution is -0.133. The van der Waals surface area contributed by atoms with Crippen molar-refractivity contribution >= 4 is 17.7 Å². The molecule has 0 saturated carbocycles. The molecule has 6 nitrogen and oxygen atoms in total. The first kappa shape index (κ1) is 16.0. The predicted octanol–water partition coefficient (Wildman–Crippen LogP) is 1.69. The number of carboxylic acid groups (broad SMARTS) is 1. The van der Waals surface area contributed by atoms with Gasteiger partial charge in [-0.05, 0) is 12.3 Å². The van der Waals surface area contributed by atoms with Crippen LogP contribution in [-0.2, 0) is 22.5 Å². The van der Waals surface area contributed by atoms with Crippen LogP contribution in [0.25, 0.3) is 0 Å². The van der Waals surface area contributed by atoms with E-state index in [9.17, 15) is 4.79 Å². The van der Waals surface area contributed by atoms with Crippen LogP contribution in [0.5, 0.6) is 0 Å². The Balaban J connectivity index is 2.81. The van der Waals surface area contributed by atoms with Gasteiger partial charge in [0.15, 0.2) is 5.16 Å². The minimum atomic E-state index is -0.846. The van der Waals surface area contributed by atoms with Gasteiger partial charge in [0.1, 0.15) is 5.82 Å². The van der Waals surface area contributed by atoms with Gasteiger partial charge in [-0.15, -0.1) is 10.2 Å². The lowest BCUT2D eigenvalue weighted by Crippen LogP contribution is -2.16. The molecule has 1 atom stereocenters. The highest BCUT2D eigenvalue weighted by Gasteiger charge is 2.15. The highest BCUT2D eigenvalue weighted by atomic mass is 32.2. The second-order valence-corrected chi connectivity index (χ2v) is 5.44. The van der Waals surface area contributed by atoms with Crippen molar-refractivity contribution in [2.75, 3.05) is 19.5 Å². The molecule has 0 saturated heterocycles. The summed E-state index contributed by atoms with van der Waals surface area (Å²) in [7, 11) is 1.68. The molecule has 0 amide bonds. The van der Waals surface area contributed by atoms with Crippen LogP contribution in [0.15, 0.2) is 5.16 Å². The first-order valence-corrected chi connectivity index (χ1v) is 7.32. The summed E-state index contributed by atoms with van der Waals surface area (Å²) in [5.41, 5.74) is 0. The summed E-state index contributed by atoms with van der Waals surface area (Å²) in [5, 5.41) is 17.7. The number of thioether (sulfide) groups is 1. The number of hydrogen-bond acceptors (Lipinski definition) is 5. The fraction of sp³-hybridized carbons (Fsp3) is 0.750. The maximum Gasteiger partial charge on any atom is 0.313 e. The molecule has 1 aromatic rings. The highest BCUT2D eigenvalue weighted by Crippen LogP contribution is 2.19. The average molecular weight is 287 g/mol. The van der Waals surface area contributed by atoms with Crippen molar-refractivity contribution in [1.82, 2.24) is 14.8 Å². The van der Waals surface area contributed by atoms with Crippen molar-refractivity contribution in [3.8, 4) is 0 Å². The number of rotatable bonds is 9. The summed E-state index contributed by atoms with van der Waals surface area (Å²) in [5.74, 6) is 0.406. The van der Waals surface area contributed by atoms with Crippen molar-refractivity contribution in [3.63, 3.8) is 0 Å². The van der Waals surface area contributed by atoms with Crippen molar-refractivity contribution < 1.29 is 14.6 Å². The lowest BCUT2D eigenvalue weighted by atomic mass is 10.2. The molecule has 108 valence electrons. The predicted molar refractivity (Wildman–Crippen MR) is 73.4 cm³/mol. The van der Waals surface area contributed by atoms with Gasteiger partial charge in [-0.1, -0.05) is 25.6 Å².